The Morgan fingerprint density at radius 2 is 1.86 bits per heavy atom. The van der Waals surface area contributed by atoms with Crippen LogP contribution in [0, 0.1) is 5.92 Å². The van der Waals surface area contributed by atoms with E-state index in [9.17, 15) is 5.11 Å². The highest BCUT2D eigenvalue weighted by Gasteiger charge is 2.26. The van der Waals surface area contributed by atoms with Gasteiger partial charge in [-0.15, -0.1) is 0 Å². The molecule has 1 aromatic rings. The van der Waals surface area contributed by atoms with E-state index in [1.54, 1.807) is 14.2 Å². The van der Waals surface area contributed by atoms with Crippen molar-refractivity contribution in [3.05, 3.63) is 23.8 Å². The van der Waals surface area contributed by atoms with Crippen LogP contribution in [0.3, 0.4) is 0 Å². The standard InChI is InChI=1S/C17H27NO3/c1-20-16-8-7-13(10-17(16)21-2)14(11-18)15(19)9-12-5-3-4-6-12/h7-8,10,12,14-15,19H,3-6,9,11,18H2,1-2H3. The molecule has 21 heavy (non-hydrogen) atoms. The molecular weight excluding hydrogens is 266 g/mol. The molecule has 0 spiro atoms. The first-order valence-corrected chi connectivity index (χ1v) is 7.79. The first-order chi connectivity index (χ1) is 10.2. The molecule has 1 aliphatic carbocycles. The molecule has 0 amide bonds. The van der Waals surface area contributed by atoms with Crippen LogP contribution in [0.15, 0.2) is 18.2 Å². The Hall–Kier alpha value is -1.26. The molecule has 0 heterocycles. The summed E-state index contributed by atoms with van der Waals surface area (Å²) >= 11 is 0. The number of aliphatic hydroxyl groups is 1. The van der Waals surface area contributed by atoms with Gasteiger partial charge in [-0.1, -0.05) is 31.7 Å². The van der Waals surface area contributed by atoms with Gasteiger partial charge in [0.25, 0.3) is 0 Å². The molecule has 1 aromatic carbocycles. The summed E-state index contributed by atoms with van der Waals surface area (Å²) in [4.78, 5) is 0. The number of ether oxygens (including phenoxy) is 2. The van der Waals surface area contributed by atoms with Gasteiger partial charge in [0.1, 0.15) is 0 Å². The number of rotatable bonds is 7. The molecule has 4 heteroatoms. The lowest BCUT2D eigenvalue weighted by atomic mass is 9.87. The molecule has 0 radical (unpaired) electrons. The van der Waals surface area contributed by atoms with Crippen molar-refractivity contribution >= 4 is 0 Å². The maximum Gasteiger partial charge on any atom is 0.160 e. The molecule has 0 aliphatic heterocycles. The van der Waals surface area contributed by atoms with E-state index in [4.69, 9.17) is 15.2 Å². The fourth-order valence-electron chi connectivity index (χ4n) is 3.35. The SMILES string of the molecule is COc1ccc(C(CN)C(O)CC2CCCC2)cc1OC. The van der Waals surface area contributed by atoms with E-state index in [0.29, 0.717) is 24.0 Å². The van der Waals surface area contributed by atoms with Crippen LogP contribution in [0.5, 0.6) is 11.5 Å². The van der Waals surface area contributed by atoms with Crippen LogP contribution in [0.4, 0.5) is 0 Å². The molecule has 2 rings (SSSR count). The van der Waals surface area contributed by atoms with Gasteiger partial charge in [0.05, 0.1) is 20.3 Å². The Morgan fingerprint density at radius 3 is 2.43 bits per heavy atom. The smallest absolute Gasteiger partial charge is 0.160 e. The zero-order chi connectivity index (χ0) is 15.2. The number of benzene rings is 1. The number of hydrogen-bond donors (Lipinski definition) is 2. The average molecular weight is 293 g/mol. The quantitative estimate of drug-likeness (QED) is 0.811. The van der Waals surface area contributed by atoms with Gasteiger partial charge in [0.15, 0.2) is 11.5 Å². The third-order valence-corrected chi connectivity index (χ3v) is 4.60. The van der Waals surface area contributed by atoms with Gasteiger partial charge in [-0.2, -0.15) is 0 Å². The van der Waals surface area contributed by atoms with Crippen molar-refractivity contribution in [1.29, 1.82) is 0 Å². The molecule has 0 bridgehead atoms. The third-order valence-electron chi connectivity index (χ3n) is 4.60. The average Bonchev–Trinajstić information content (AvgIpc) is 3.00. The number of methoxy groups -OCH3 is 2. The first kappa shape index (κ1) is 16.1. The van der Waals surface area contributed by atoms with Crippen LogP contribution in [-0.2, 0) is 0 Å². The summed E-state index contributed by atoms with van der Waals surface area (Å²) in [6, 6.07) is 5.77. The van der Waals surface area contributed by atoms with E-state index in [0.717, 1.165) is 12.0 Å². The van der Waals surface area contributed by atoms with Crippen LogP contribution < -0.4 is 15.2 Å². The van der Waals surface area contributed by atoms with Gasteiger partial charge < -0.3 is 20.3 Å². The highest BCUT2D eigenvalue weighted by atomic mass is 16.5. The zero-order valence-electron chi connectivity index (χ0n) is 13.0. The second-order valence-corrected chi connectivity index (χ2v) is 5.91. The summed E-state index contributed by atoms with van der Waals surface area (Å²) in [5.74, 6) is 1.98. The third kappa shape index (κ3) is 3.89. The van der Waals surface area contributed by atoms with Crippen molar-refractivity contribution in [2.45, 2.75) is 44.1 Å². The van der Waals surface area contributed by atoms with E-state index < -0.39 is 6.10 Å². The second kappa shape index (κ2) is 7.66. The summed E-state index contributed by atoms with van der Waals surface area (Å²) in [5, 5.41) is 10.6. The summed E-state index contributed by atoms with van der Waals surface area (Å²) in [6.07, 6.45) is 5.51. The molecule has 118 valence electrons. The lowest BCUT2D eigenvalue weighted by molar-refractivity contribution is 0.116. The number of hydrogen-bond acceptors (Lipinski definition) is 4. The van der Waals surface area contributed by atoms with E-state index in [-0.39, 0.29) is 5.92 Å². The van der Waals surface area contributed by atoms with Crippen molar-refractivity contribution in [3.63, 3.8) is 0 Å². The van der Waals surface area contributed by atoms with Crippen LogP contribution >= 0.6 is 0 Å². The van der Waals surface area contributed by atoms with E-state index >= 15 is 0 Å². The van der Waals surface area contributed by atoms with Crippen molar-refractivity contribution < 1.29 is 14.6 Å². The van der Waals surface area contributed by atoms with Crippen molar-refractivity contribution in [3.8, 4) is 11.5 Å². The Balaban J connectivity index is 2.11. The second-order valence-electron chi connectivity index (χ2n) is 5.91. The van der Waals surface area contributed by atoms with E-state index in [1.165, 1.54) is 25.7 Å². The van der Waals surface area contributed by atoms with Gasteiger partial charge in [0, 0.05) is 12.5 Å². The number of aliphatic hydroxyl groups excluding tert-OH is 1. The highest BCUT2D eigenvalue weighted by Crippen LogP contribution is 2.35. The minimum Gasteiger partial charge on any atom is -0.493 e. The molecule has 3 N–H and O–H groups in total. The van der Waals surface area contributed by atoms with Crippen LogP contribution in [-0.4, -0.2) is 32.0 Å². The molecular formula is C17H27NO3. The molecule has 0 aromatic heterocycles. The molecule has 2 atom stereocenters. The Morgan fingerprint density at radius 1 is 1.19 bits per heavy atom. The van der Waals surface area contributed by atoms with Crippen LogP contribution in [0.2, 0.25) is 0 Å². The Kier molecular flexibility index (Phi) is 5.88. The Bertz CT molecular complexity index is 444. The summed E-state index contributed by atoms with van der Waals surface area (Å²) in [7, 11) is 3.24. The fraction of sp³-hybridized carbons (Fsp3) is 0.647. The van der Waals surface area contributed by atoms with Gasteiger partial charge in [-0.25, -0.2) is 0 Å². The summed E-state index contributed by atoms with van der Waals surface area (Å²) < 4.78 is 10.6. The van der Waals surface area contributed by atoms with Gasteiger partial charge in [0.2, 0.25) is 0 Å². The van der Waals surface area contributed by atoms with E-state index in [2.05, 4.69) is 0 Å². The van der Waals surface area contributed by atoms with Gasteiger partial charge in [-0.05, 0) is 30.0 Å². The van der Waals surface area contributed by atoms with E-state index in [1.807, 2.05) is 18.2 Å². The maximum absolute atomic E-state index is 10.6. The molecule has 0 saturated heterocycles. The van der Waals surface area contributed by atoms with Crippen LogP contribution in [0.25, 0.3) is 0 Å². The van der Waals surface area contributed by atoms with Gasteiger partial charge in [-0.3, -0.25) is 0 Å². The minimum absolute atomic E-state index is 0.0505. The largest absolute Gasteiger partial charge is 0.493 e. The van der Waals surface area contributed by atoms with Gasteiger partial charge >= 0.3 is 0 Å². The first-order valence-electron chi connectivity index (χ1n) is 7.79. The predicted octanol–water partition coefficient (Wildman–Crippen LogP) is 2.69. The minimum atomic E-state index is -0.392. The zero-order valence-corrected chi connectivity index (χ0v) is 13.0. The summed E-state index contributed by atoms with van der Waals surface area (Å²) in [6.45, 7) is 0.434. The molecule has 4 nitrogen and oxygen atoms in total. The van der Waals surface area contributed by atoms with Crippen molar-refractivity contribution in [1.82, 2.24) is 0 Å². The normalized spacial score (nSPS) is 18.5. The molecule has 1 saturated carbocycles. The van der Waals surface area contributed by atoms with Crippen molar-refractivity contribution in [2.75, 3.05) is 20.8 Å². The Labute approximate surface area is 127 Å². The molecule has 1 fully saturated rings. The lowest BCUT2D eigenvalue weighted by Crippen LogP contribution is -2.27. The monoisotopic (exact) mass is 293 g/mol. The summed E-state index contributed by atoms with van der Waals surface area (Å²) in [5.41, 5.74) is 6.92. The topological polar surface area (TPSA) is 64.7 Å². The predicted molar refractivity (Wildman–Crippen MR) is 83.9 cm³/mol. The molecule has 2 unspecified atom stereocenters. The fourth-order valence-corrected chi connectivity index (χ4v) is 3.35. The van der Waals surface area contributed by atoms with Crippen molar-refractivity contribution in [2.24, 2.45) is 11.7 Å². The lowest BCUT2D eigenvalue weighted by Gasteiger charge is -2.25. The number of nitrogens with two attached hydrogens (primary N) is 1. The van der Waals surface area contributed by atoms with Crippen LogP contribution in [0.1, 0.15) is 43.6 Å². The highest BCUT2D eigenvalue weighted by molar-refractivity contribution is 5.44. The maximum atomic E-state index is 10.6. The molecule has 1 aliphatic rings.